The molecule has 3 heteroatoms. The minimum Gasteiger partial charge on any atom is -0.505 e. The van der Waals surface area contributed by atoms with Crippen LogP contribution in [0.1, 0.15) is 6.42 Å². The maximum atomic E-state index is 12.2. The fourth-order valence-corrected chi connectivity index (χ4v) is 0.565. The molecule has 0 saturated heterocycles. The smallest absolute Gasteiger partial charge is 0.162 e. The number of allylic oxidation sites excluding steroid dienone is 3. The number of carbonyl (C=O) groups is 1. The lowest BCUT2D eigenvalue weighted by atomic mass is 10.1. The lowest BCUT2D eigenvalue weighted by Gasteiger charge is -2.00. The average molecular weight is 128 g/mol. The van der Waals surface area contributed by atoms with Crippen molar-refractivity contribution in [3.05, 3.63) is 23.7 Å². The Labute approximate surface area is 51.3 Å². The van der Waals surface area contributed by atoms with Crippen molar-refractivity contribution in [2.45, 2.75) is 6.42 Å². The molecule has 1 N–H and O–H groups in total. The minimum absolute atomic E-state index is 0.303. The highest BCUT2D eigenvalue weighted by atomic mass is 19.1. The summed E-state index contributed by atoms with van der Waals surface area (Å²) in [5.74, 6) is -1.50. The Bertz CT molecular complexity index is 203. The molecule has 0 spiro atoms. The second-order valence-electron chi connectivity index (χ2n) is 1.77. The Hall–Kier alpha value is -1.12. The molecule has 0 bridgehead atoms. The number of aliphatic hydroxyl groups is 1. The van der Waals surface area contributed by atoms with E-state index >= 15 is 0 Å². The van der Waals surface area contributed by atoms with E-state index in [0.29, 0.717) is 0 Å². The van der Waals surface area contributed by atoms with Gasteiger partial charge in [0.2, 0.25) is 0 Å². The van der Waals surface area contributed by atoms with E-state index in [0.717, 1.165) is 12.2 Å². The molecule has 9 heavy (non-hydrogen) atoms. The lowest BCUT2D eigenvalue weighted by Crippen LogP contribution is -1.99. The van der Waals surface area contributed by atoms with Gasteiger partial charge in [-0.3, -0.25) is 4.79 Å². The zero-order valence-electron chi connectivity index (χ0n) is 4.60. The summed E-state index contributed by atoms with van der Waals surface area (Å²) >= 11 is 0. The average Bonchev–Trinajstić information content (AvgIpc) is 1.80. The first-order valence-electron chi connectivity index (χ1n) is 2.48. The maximum absolute atomic E-state index is 12.2. The SMILES string of the molecule is O=C1C=CC(O)=C(F)C1. The molecule has 1 aliphatic carbocycles. The number of halogens is 1. The van der Waals surface area contributed by atoms with Crippen LogP contribution in [0, 0.1) is 0 Å². The Balaban J connectivity index is 2.87. The fraction of sp³-hybridized carbons (Fsp3) is 0.167. The van der Waals surface area contributed by atoms with Gasteiger partial charge in [-0.1, -0.05) is 0 Å². The van der Waals surface area contributed by atoms with Crippen LogP contribution in [0.5, 0.6) is 0 Å². The molecular formula is C6H5FO2. The predicted molar refractivity (Wildman–Crippen MR) is 29.5 cm³/mol. The van der Waals surface area contributed by atoms with Crippen LogP contribution >= 0.6 is 0 Å². The highest BCUT2D eigenvalue weighted by Crippen LogP contribution is 2.14. The molecule has 0 aromatic carbocycles. The van der Waals surface area contributed by atoms with E-state index in [1.165, 1.54) is 0 Å². The quantitative estimate of drug-likeness (QED) is 0.533. The van der Waals surface area contributed by atoms with Crippen LogP contribution in [0.25, 0.3) is 0 Å². The number of hydrogen-bond acceptors (Lipinski definition) is 2. The van der Waals surface area contributed by atoms with Crippen LogP contribution in [-0.4, -0.2) is 10.9 Å². The molecule has 1 aliphatic rings. The summed E-state index contributed by atoms with van der Waals surface area (Å²) in [5.41, 5.74) is 0. The Morgan fingerprint density at radius 3 is 2.67 bits per heavy atom. The Morgan fingerprint density at radius 1 is 1.56 bits per heavy atom. The molecule has 0 aromatic heterocycles. The van der Waals surface area contributed by atoms with E-state index in [2.05, 4.69) is 0 Å². The van der Waals surface area contributed by atoms with Crippen molar-refractivity contribution in [3.63, 3.8) is 0 Å². The molecule has 0 unspecified atom stereocenters. The van der Waals surface area contributed by atoms with Crippen LogP contribution < -0.4 is 0 Å². The van der Waals surface area contributed by atoms with Crippen molar-refractivity contribution < 1.29 is 14.3 Å². The first-order valence-corrected chi connectivity index (χ1v) is 2.48. The van der Waals surface area contributed by atoms with Crippen LogP contribution in [0.4, 0.5) is 4.39 Å². The number of carbonyl (C=O) groups excluding carboxylic acids is 1. The lowest BCUT2D eigenvalue weighted by molar-refractivity contribution is -0.114. The van der Waals surface area contributed by atoms with Gasteiger partial charge in [0, 0.05) is 0 Å². The van der Waals surface area contributed by atoms with Crippen molar-refractivity contribution in [3.8, 4) is 0 Å². The highest BCUT2D eigenvalue weighted by Gasteiger charge is 2.11. The van der Waals surface area contributed by atoms with E-state index in [9.17, 15) is 9.18 Å². The minimum atomic E-state index is -0.748. The normalized spacial score (nSPS) is 19.0. The van der Waals surface area contributed by atoms with Crippen molar-refractivity contribution in [2.75, 3.05) is 0 Å². The summed E-state index contributed by atoms with van der Waals surface area (Å²) in [6.07, 6.45) is 1.90. The standard InChI is InChI=1S/C6H5FO2/c7-5-3-4(8)1-2-6(5)9/h1-2,9H,3H2. The second kappa shape index (κ2) is 2.01. The van der Waals surface area contributed by atoms with E-state index < -0.39 is 11.6 Å². The van der Waals surface area contributed by atoms with Crippen molar-refractivity contribution >= 4 is 5.78 Å². The molecular weight excluding hydrogens is 123 g/mol. The first kappa shape index (κ1) is 6.01. The molecule has 2 nitrogen and oxygen atoms in total. The third kappa shape index (κ3) is 1.16. The van der Waals surface area contributed by atoms with Gasteiger partial charge in [-0.05, 0) is 12.2 Å². The van der Waals surface area contributed by atoms with Crippen molar-refractivity contribution in [1.82, 2.24) is 0 Å². The van der Waals surface area contributed by atoms with Crippen LogP contribution in [-0.2, 0) is 4.79 Å². The van der Waals surface area contributed by atoms with E-state index in [1.54, 1.807) is 0 Å². The molecule has 0 fully saturated rings. The Kier molecular flexibility index (Phi) is 1.34. The highest BCUT2D eigenvalue weighted by molar-refractivity contribution is 5.92. The van der Waals surface area contributed by atoms with Gasteiger partial charge in [-0.25, -0.2) is 4.39 Å². The third-order valence-electron chi connectivity index (χ3n) is 1.03. The molecule has 0 radical (unpaired) electrons. The molecule has 1 rings (SSSR count). The van der Waals surface area contributed by atoms with Crippen molar-refractivity contribution in [2.24, 2.45) is 0 Å². The topological polar surface area (TPSA) is 37.3 Å². The summed E-state index contributed by atoms with van der Waals surface area (Å²) in [7, 11) is 0. The summed E-state index contributed by atoms with van der Waals surface area (Å²) in [4.78, 5) is 10.3. The van der Waals surface area contributed by atoms with Gasteiger partial charge < -0.3 is 5.11 Å². The third-order valence-corrected chi connectivity index (χ3v) is 1.03. The number of aliphatic hydroxyl groups excluding tert-OH is 1. The summed E-state index contributed by atoms with van der Waals surface area (Å²) in [5, 5.41) is 8.56. The fourth-order valence-electron chi connectivity index (χ4n) is 0.565. The van der Waals surface area contributed by atoms with Gasteiger partial charge in [0.1, 0.15) is 11.6 Å². The summed E-state index contributed by atoms with van der Waals surface area (Å²) in [6.45, 7) is 0. The molecule has 0 heterocycles. The number of ketones is 1. The molecule has 0 amide bonds. The number of hydrogen-bond donors (Lipinski definition) is 1. The second-order valence-corrected chi connectivity index (χ2v) is 1.77. The molecule has 48 valence electrons. The van der Waals surface area contributed by atoms with Crippen LogP contribution in [0.2, 0.25) is 0 Å². The van der Waals surface area contributed by atoms with E-state index in [4.69, 9.17) is 5.11 Å². The van der Waals surface area contributed by atoms with E-state index in [-0.39, 0.29) is 12.2 Å². The Morgan fingerprint density at radius 2 is 2.22 bits per heavy atom. The van der Waals surface area contributed by atoms with E-state index in [1.807, 2.05) is 0 Å². The van der Waals surface area contributed by atoms with Gasteiger partial charge in [-0.15, -0.1) is 0 Å². The van der Waals surface area contributed by atoms with Crippen LogP contribution in [0.3, 0.4) is 0 Å². The van der Waals surface area contributed by atoms with Gasteiger partial charge >= 0.3 is 0 Å². The zero-order chi connectivity index (χ0) is 6.85. The first-order chi connectivity index (χ1) is 4.20. The summed E-state index contributed by atoms with van der Waals surface area (Å²) in [6, 6.07) is 0. The maximum Gasteiger partial charge on any atom is 0.162 e. The van der Waals surface area contributed by atoms with Gasteiger partial charge in [0.15, 0.2) is 5.78 Å². The van der Waals surface area contributed by atoms with Crippen LogP contribution in [0.15, 0.2) is 23.7 Å². The van der Waals surface area contributed by atoms with Gasteiger partial charge in [0.25, 0.3) is 0 Å². The zero-order valence-corrected chi connectivity index (χ0v) is 4.60. The van der Waals surface area contributed by atoms with Gasteiger partial charge in [-0.2, -0.15) is 0 Å². The largest absolute Gasteiger partial charge is 0.505 e. The molecule has 0 atom stereocenters. The van der Waals surface area contributed by atoms with Gasteiger partial charge in [0.05, 0.1) is 6.42 Å². The number of rotatable bonds is 0. The summed E-state index contributed by atoms with van der Waals surface area (Å²) < 4.78 is 12.2. The monoisotopic (exact) mass is 128 g/mol. The predicted octanol–water partition coefficient (Wildman–Crippen LogP) is 1.25. The molecule has 0 aliphatic heterocycles. The molecule has 0 saturated carbocycles. The van der Waals surface area contributed by atoms with Crippen molar-refractivity contribution in [1.29, 1.82) is 0 Å². The molecule has 0 aromatic rings.